The highest BCUT2D eigenvalue weighted by molar-refractivity contribution is 6.21. The minimum Gasteiger partial charge on any atom is -0.444 e. The molecule has 1 saturated heterocycles. The van der Waals surface area contributed by atoms with E-state index in [1.165, 1.54) is 4.90 Å². The van der Waals surface area contributed by atoms with Gasteiger partial charge in [-0.15, -0.1) is 0 Å². The Balaban J connectivity index is 1.79. The number of carbonyl (C=O) groups is 3. The number of hydrogen-bond acceptors (Lipinski definition) is 5. The first-order valence-corrected chi connectivity index (χ1v) is 9.48. The average Bonchev–Trinajstić information content (AvgIpc) is 2.79. The molecule has 156 valence electrons. The van der Waals surface area contributed by atoms with Gasteiger partial charge in [0.15, 0.2) is 0 Å². The summed E-state index contributed by atoms with van der Waals surface area (Å²) in [7, 11) is 0. The molecule has 7 nitrogen and oxygen atoms in total. The molecule has 0 spiro atoms. The van der Waals surface area contributed by atoms with Gasteiger partial charge in [-0.1, -0.05) is 12.1 Å². The normalized spacial score (nSPS) is 21.8. The molecule has 8 heteroatoms. The second-order valence-electron chi connectivity index (χ2n) is 8.23. The van der Waals surface area contributed by atoms with E-state index >= 15 is 4.39 Å². The Kier molecular flexibility index (Phi) is 5.75. The zero-order valence-corrected chi connectivity index (χ0v) is 17.0. The van der Waals surface area contributed by atoms with Gasteiger partial charge >= 0.3 is 6.09 Å². The van der Waals surface area contributed by atoms with Crippen LogP contribution in [0.2, 0.25) is 0 Å². The van der Waals surface area contributed by atoms with E-state index in [-0.39, 0.29) is 42.5 Å². The quantitative estimate of drug-likeness (QED) is 0.708. The fraction of sp³-hybridized carbons (Fsp3) is 0.476. The van der Waals surface area contributed by atoms with Crippen molar-refractivity contribution in [3.63, 3.8) is 0 Å². The SMILES string of the molecule is C[C@H]1CN(C(=O)OC(C)(C)C)CC(=C(F)CN2C(=O)c3ccccc3C2=O)CO1. The standard InChI is InChI=1S/C21H25FN2O5/c1-13-9-23(20(27)29-21(2,3)4)10-14(12-28-13)17(22)11-24-18(25)15-7-5-6-8-16(15)19(24)26/h5-8,13H,9-12H2,1-4H3/t13-/m0/s1. The van der Waals surface area contributed by atoms with Crippen molar-refractivity contribution < 1.29 is 28.2 Å². The first-order valence-electron chi connectivity index (χ1n) is 9.48. The Bertz CT molecular complexity index is 839. The molecule has 29 heavy (non-hydrogen) atoms. The predicted molar refractivity (Wildman–Crippen MR) is 103 cm³/mol. The van der Waals surface area contributed by atoms with Crippen LogP contribution in [0, 0.1) is 0 Å². The number of halogens is 1. The van der Waals surface area contributed by atoms with Crippen LogP contribution in [0.5, 0.6) is 0 Å². The lowest BCUT2D eigenvalue weighted by atomic mass is 10.1. The topological polar surface area (TPSA) is 76.2 Å². The number of nitrogens with zero attached hydrogens (tertiary/aromatic N) is 2. The molecule has 2 aliphatic rings. The van der Waals surface area contributed by atoms with Crippen LogP contribution in [0.3, 0.4) is 0 Å². The number of benzene rings is 1. The van der Waals surface area contributed by atoms with E-state index in [4.69, 9.17) is 9.47 Å². The number of imide groups is 1. The molecule has 0 bridgehead atoms. The molecule has 1 fully saturated rings. The van der Waals surface area contributed by atoms with E-state index in [9.17, 15) is 14.4 Å². The Hall–Kier alpha value is -2.74. The molecule has 0 saturated carbocycles. The monoisotopic (exact) mass is 404 g/mol. The maximum Gasteiger partial charge on any atom is 0.410 e. The van der Waals surface area contributed by atoms with Crippen LogP contribution in [0.25, 0.3) is 0 Å². The van der Waals surface area contributed by atoms with E-state index in [0.717, 1.165) is 4.90 Å². The molecule has 2 heterocycles. The van der Waals surface area contributed by atoms with E-state index < -0.39 is 35.9 Å². The summed E-state index contributed by atoms with van der Waals surface area (Å²) < 4.78 is 26.0. The third-order valence-electron chi connectivity index (χ3n) is 4.61. The minimum atomic E-state index is -0.684. The van der Waals surface area contributed by atoms with Gasteiger partial charge in [0.05, 0.1) is 43.5 Å². The van der Waals surface area contributed by atoms with E-state index in [0.29, 0.717) is 0 Å². The Morgan fingerprint density at radius 3 is 2.34 bits per heavy atom. The number of carbonyl (C=O) groups excluding carboxylic acids is 3. The summed E-state index contributed by atoms with van der Waals surface area (Å²) in [5.74, 6) is -1.73. The Morgan fingerprint density at radius 2 is 1.79 bits per heavy atom. The fourth-order valence-electron chi connectivity index (χ4n) is 3.21. The van der Waals surface area contributed by atoms with Gasteiger partial charge in [0.25, 0.3) is 11.8 Å². The molecule has 0 aromatic heterocycles. The third-order valence-corrected chi connectivity index (χ3v) is 4.61. The third kappa shape index (κ3) is 4.64. The highest BCUT2D eigenvalue weighted by Gasteiger charge is 2.36. The van der Waals surface area contributed by atoms with E-state index in [1.54, 1.807) is 52.0 Å². The van der Waals surface area contributed by atoms with Gasteiger partial charge in [0.2, 0.25) is 0 Å². The summed E-state index contributed by atoms with van der Waals surface area (Å²) in [6.07, 6.45) is -0.881. The van der Waals surface area contributed by atoms with Crippen molar-refractivity contribution in [1.29, 1.82) is 0 Å². The van der Waals surface area contributed by atoms with E-state index in [2.05, 4.69) is 0 Å². The Morgan fingerprint density at radius 1 is 1.21 bits per heavy atom. The predicted octanol–water partition coefficient (Wildman–Crippen LogP) is 3.16. The first kappa shape index (κ1) is 21.0. The second kappa shape index (κ2) is 7.94. The molecule has 0 N–H and O–H groups in total. The summed E-state index contributed by atoms with van der Waals surface area (Å²) >= 11 is 0. The highest BCUT2D eigenvalue weighted by Crippen LogP contribution is 2.25. The number of amides is 3. The molecule has 0 radical (unpaired) electrons. The van der Waals surface area contributed by atoms with Crippen molar-refractivity contribution in [2.45, 2.75) is 39.4 Å². The van der Waals surface area contributed by atoms with Crippen LogP contribution in [0.4, 0.5) is 9.18 Å². The van der Waals surface area contributed by atoms with Crippen LogP contribution >= 0.6 is 0 Å². The van der Waals surface area contributed by atoms with Crippen molar-refractivity contribution in [2.24, 2.45) is 0 Å². The molecule has 1 aromatic carbocycles. The van der Waals surface area contributed by atoms with Crippen molar-refractivity contribution in [1.82, 2.24) is 9.80 Å². The average molecular weight is 404 g/mol. The molecule has 3 amide bonds. The first-order chi connectivity index (χ1) is 13.6. The number of rotatable bonds is 2. The van der Waals surface area contributed by atoms with Crippen LogP contribution in [-0.2, 0) is 9.47 Å². The largest absolute Gasteiger partial charge is 0.444 e. The van der Waals surface area contributed by atoms with Crippen LogP contribution in [0.1, 0.15) is 48.4 Å². The Labute approximate surface area is 169 Å². The summed E-state index contributed by atoms with van der Waals surface area (Å²) in [4.78, 5) is 39.7. The summed E-state index contributed by atoms with van der Waals surface area (Å²) in [5.41, 5.74) is 0.0420. The lowest BCUT2D eigenvalue weighted by Gasteiger charge is -2.27. The van der Waals surface area contributed by atoms with Gasteiger partial charge in [-0.3, -0.25) is 14.5 Å². The molecular weight excluding hydrogens is 379 g/mol. The molecule has 0 unspecified atom stereocenters. The number of hydrogen-bond donors (Lipinski definition) is 0. The van der Waals surface area contributed by atoms with Crippen LogP contribution in [0.15, 0.2) is 35.7 Å². The fourth-order valence-corrected chi connectivity index (χ4v) is 3.21. The van der Waals surface area contributed by atoms with Crippen molar-refractivity contribution in [3.05, 3.63) is 46.8 Å². The van der Waals surface area contributed by atoms with Gasteiger partial charge in [-0.25, -0.2) is 9.18 Å². The van der Waals surface area contributed by atoms with Gasteiger partial charge in [-0.05, 0) is 39.8 Å². The maximum atomic E-state index is 15.1. The van der Waals surface area contributed by atoms with Crippen molar-refractivity contribution in [2.75, 3.05) is 26.2 Å². The van der Waals surface area contributed by atoms with Gasteiger partial charge in [0, 0.05) is 5.57 Å². The summed E-state index contributed by atoms with van der Waals surface area (Å²) in [6, 6.07) is 6.39. The van der Waals surface area contributed by atoms with Gasteiger partial charge in [0.1, 0.15) is 11.4 Å². The number of fused-ring (bicyclic) bond motifs is 1. The second-order valence-corrected chi connectivity index (χ2v) is 8.23. The van der Waals surface area contributed by atoms with Gasteiger partial charge < -0.3 is 14.4 Å². The highest BCUT2D eigenvalue weighted by atomic mass is 19.1. The van der Waals surface area contributed by atoms with Crippen LogP contribution in [-0.4, -0.2) is 65.7 Å². The molecule has 0 aliphatic carbocycles. The number of ether oxygens (including phenoxy) is 2. The zero-order chi connectivity index (χ0) is 21.3. The molecule has 2 aliphatic heterocycles. The van der Waals surface area contributed by atoms with Crippen LogP contribution < -0.4 is 0 Å². The minimum absolute atomic E-state index is 0.0323. The molecular formula is C21H25FN2O5. The van der Waals surface area contributed by atoms with Gasteiger partial charge in [-0.2, -0.15) is 0 Å². The molecule has 1 atom stereocenters. The van der Waals surface area contributed by atoms with Crippen molar-refractivity contribution in [3.8, 4) is 0 Å². The lowest BCUT2D eigenvalue weighted by Crippen LogP contribution is -2.40. The lowest BCUT2D eigenvalue weighted by molar-refractivity contribution is 0.0171. The van der Waals surface area contributed by atoms with E-state index in [1.807, 2.05) is 0 Å². The smallest absolute Gasteiger partial charge is 0.410 e. The molecule has 3 rings (SSSR count). The summed E-state index contributed by atoms with van der Waals surface area (Å²) in [6.45, 7) is 6.72. The molecule has 1 aromatic rings. The van der Waals surface area contributed by atoms with Crippen molar-refractivity contribution >= 4 is 17.9 Å². The summed E-state index contributed by atoms with van der Waals surface area (Å²) in [5, 5.41) is 0. The zero-order valence-electron chi connectivity index (χ0n) is 17.0. The maximum absolute atomic E-state index is 15.1.